The van der Waals surface area contributed by atoms with E-state index in [4.69, 9.17) is 13.9 Å². The molecule has 3 aliphatic heterocycles. The molecule has 0 aliphatic carbocycles. The van der Waals surface area contributed by atoms with Gasteiger partial charge in [0, 0.05) is 44.7 Å². The summed E-state index contributed by atoms with van der Waals surface area (Å²) in [5, 5.41) is 0. The fourth-order valence-corrected chi connectivity index (χ4v) is 4.14. The number of ether oxygens (including phenoxy) is 2. The minimum absolute atomic E-state index is 0.0467. The van der Waals surface area contributed by atoms with Crippen LogP contribution in [0.1, 0.15) is 31.2 Å². The third-order valence-corrected chi connectivity index (χ3v) is 5.46. The highest BCUT2D eigenvalue weighted by Crippen LogP contribution is 2.36. The molecule has 0 N–H and O–H groups in total. The van der Waals surface area contributed by atoms with E-state index in [0.717, 1.165) is 58.4 Å². The van der Waals surface area contributed by atoms with Crippen molar-refractivity contribution in [3.8, 4) is 0 Å². The van der Waals surface area contributed by atoms with Gasteiger partial charge in [0.25, 0.3) is 0 Å². The van der Waals surface area contributed by atoms with E-state index in [1.807, 2.05) is 11.0 Å². The highest BCUT2D eigenvalue weighted by Gasteiger charge is 2.46. The van der Waals surface area contributed by atoms with Crippen LogP contribution in [0.25, 0.3) is 0 Å². The van der Waals surface area contributed by atoms with Gasteiger partial charge in [-0.2, -0.15) is 0 Å². The molecule has 3 saturated heterocycles. The van der Waals surface area contributed by atoms with E-state index in [2.05, 4.69) is 4.90 Å². The number of amides is 1. The van der Waals surface area contributed by atoms with Crippen LogP contribution in [0, 0.1) is 0 Å². The van der Waals surface area contributed by atoms with Gasteiger partial charge in [0.2, 0.25) is 5.91 Å². The van der Waals surface area contributed by atoms with Gasteiger partial charge >= 0.3 is 0 Å². The lowest BCUT2D eigenvalue weighted by molar-refractivity contribution is -0.137. The molecule has 0 aromatic carbocycles. The molecule has 4 rings (SSSR count). The molecule has 1 aromatic rings. The van der Waals surface area contributed by atoms with Gasteiger partial charge in [0.05, 0.1) is 30.8 Å². The molecular weight excluding hydrogens is 308 g/mol. The Balaban J connectivity index is 1.23. The first-order valence-electron chi connectivity index (χ1n) is 8.99. The Morgan fingerprint density at radius 1 is 1.33 bits per heavy atom. The number of nitrogens with zero attached hydrogens (tertiary/aromatic N) is 2. The lowest BCUT2D eigenvalue weighted by Crippen LogP contribution is -2.34. The second-order valence-electron chi connectivity index (χ2n) is 7.31. The minimum Gasteiger partial charge on any atom is -0.472 e. The minimum atomic E-state index is -0.0922. The van der Waals surface area contributed by atoms with E-state index in [1.165, 1.54) is 5.56 Å². The van der Waals surface area contributed by atoms with Crippen LogP contribution >= 0.6 is 0 Å². The third-order valence-electron chi connectivity index (χ3n) is 5.46. The lowest BCUT2D eigenvalue weighted by atomic mass is 9.98. The van der Waals surface area contributed by atoms with E-state index >= 15 is 0 Å². The Bertz CT molecular complexity index is 555. The smallest absolute Gasteiger partial charge is 0.248 e. The van der Waals surface area contributed by atoms with Crippen molar-refractivity contribution in [2.24, 2.45) is 0 Å². The van der Waals surface area contributed by atoms with E-state index in [1.54, 1.807) is 12.5 Å². The zero-order chi connectivity index (χ0) is 16.4. The van der Waals surface area contributed by atoms with Gasteiger partial charge in [-0.1, -0.05) is 0 Å². The highest BCUT2D eigenvalue weighted by atomic mass is 16.6. The number of likely N-dealkylation sites (tertiary alicyclic amines) is 2. The maximum Gasteiger partial charge on any atom is 0.248 e. The number of carbonyl (C=O) groups excluding carboxylic acids is 1. The van der Waals surface area contributed by atoms with E-state index in [0.29, 0.717) is 6.61 Å². The SMILES string of the molecule is O=C(CO[C@@H]1CO[C@@]2(CCN(Cc3ccoc3)C2)C1)N1CCCC1. The van der Waals surface area contributed by atoms with Crippen molar-refractivity contribution in [3.63, 3.8) is 0 Å². The van der Waals surface area contributed by atoms with Crippen LogP contribution in [0.2, 0.25) is 0 Å². The molecule has 2 atom stereocenters. The predicted molar refractivity (Wildman–Crippen MR) is 87.5 cm³/mol. The molecule has 0 bridgehead atoms. The zero-order valence-electron chi connectivity index (χ0n) is 14.1. The molecule has 6 heteroatoms. The Kier molecular flexibility index (Phi) is 4.61. The summed E-state index contributed by atoms with van der Waals surface area (Å²) in [5.41, 5.74) is 1.11. The fraction of sp³-hybridized carbons (Fsp3) is 0.722. The molecule has 4 heterocycles. The number of rotatable bonds is 5. The topological polar surface area (TPSA) is 55.2 Å². The van der Waals surface area contributed by atoms with Crippen LogP contribution in [0.3, 0.4) is 0 Å². The average Bonchev–Trinajstić information content (AvgIpc) is 3.35. The molecule has 1 aromatic heterocycles. The molecule has 0 unspecified atom stereocenters. The molecule has 0 radical (unpaired) electrons. The summed E-state index contributed by atoms with van der Waals surface area (Å²) in [6.07, 6.45) is 7.73. The van der Waals surface area contributed by atoms with Gasteiger partial charge < -0.3 is 18.8 Å². The van der Waals surface area contributed by atoms with Crippen LogP contribution in [-0.4, -0.2) is 66.8 Å². The lowest BCUT2D eigenvalue weighted by Gasteiger charge is -2.23. The monoisotopic (exact) mass is 334 g/mol. The van der Waals surface area contributed by atoms with Crippen LogP contribution in [0.4, 0.5) is 0 Å². The second kappa shape index (κ2) is 6.86. The molecular formula is C18H26N2O4. The summed E-state index contributed by atoms with van der Waals surface area (Å²) in [6.45, 7) is 5.44. The Morgan fingerprint density at radius 3 is 3.00 bits per heavy atom. The van der Waals surface area contributed by atoms with Crippen molar-refractivity contribution in [1.82, 2.24) is 9.80 Å². The molecule has 1 amide bonds. The first-order valence-corrected chi connectivity index (χ1v) is 8.99. The largest absolute Gasteiger partial charge is 0.472 e. The maximum absolute atomic E-state index is 12.1. The van der Waals surface area contributed by atoms with E-state index in [9.17, 15) is 4.79 Å². The van der Waals surface area contributed by atoms with Gasteiger partial charge in [-0.05, 0) is 25.3 Å². The fourth-order valence-electron chi connectivity index (χ4n) is 4.14. The summed E-state index contributed by atoms with van der Waals surface area (Å²) in [4.78, 5) is 16.4. The Labute approximate surface area is 142 Å². The van der Waals surface area contributed by atoms with E-state index < -0.39 is 0 Å². The number of carbonyl (C=O) groups is 1. The highest BCUT2D eigenvalue weighted by molar-refractivity contribution is 5.77. The molecule has 0 saturated carbocycles. The molecule has 3 fully saturated rings. The van der Waals surface area contributed by atoms with Crippen molar-refractivity contribution in [2.75, 3.05) is 39.4 Å². The van der Waals surface area contributed by atoms with Crippen molar-refractivity contribution < 1.29 is 18.7 Å². The van der Waals surface area contributed by atoms with Crippen LogP contribution < -0.4 is 0 Å². The van der Waals surface area contributed by atoms with Crippen molar-refractivity contribution in [3.05, 3.63) is 24.2 Å². The van der Waals surface area contributed by atoms with Crippen molar-refractivity contribution >= 4 is 5.91 Å². The first-order chi connectivity index (χ1) is 11.7. The van der Waals surface area contributed by atoms with Crippen LogP contribution in [0.15, 0.2) is 23.0 Å². The third kappa shape index (κ3) is 3.50. The van der Waals surface area contributed by atoms with Crippen LogP contribution in [0.5, 0.6) is 0 Å². The second-order valence-corrected chi connectivity index (χ2v) is 7.31. The van der Waals surface area contributed by atoms with Gasteiger partial charge in [-0.25, -0.2) is 0 Å². The Morgan fingerprint density at radius 2 is 2.21 bits per heavy atom. The maximum atomic E-state index is 12.1. The van der Waals surface area contributed by atoms with Crippen molar-refractivity contribution in [2.45, 2.75) is 43.9 Å². The molecule has 6 nitrogen and oxygen atoms in total. The van der Waals surface area contributed by atoms with Gasteiger partial charge in [0.1, 0.15) is 6.61 Å². The normalized spacial score (nSPS) is 30.7. The summed E-state index contributed by atoms with van der Waals surface area (Å²) in [6, 6.07) is 2.01. The summed E-state index contributed by atoms with van der Waals surface area (Å²) in [7, 11) is 0. The summed E-state index contributed by atoms with van der Waals surface area (Å²) < 4.78 is 17.1. The van der Waals surface area contributed by atoms with E-state index in [-0.39, 0.29) is 24.2 Å². The standard InChI is InChI=1S/C18H26N2O4/c21-17(20-5-1-2-6-20)13-23-16-9-18(24-12-16)4-7-19(14-18)10-15-3-8-22-11-15/h3,8,11,16H,1-2,4-7,9-10,12-14H2/t16-,18-/m0/s1. The quantitative estimate of drug-likeness (QED) is 0.820. The zero-order valence-corrected chi connectivity index (χ0v) is 14.1. The number of hydrogen-bond acceptors (Lipinski definition) is 5. The average molecular weight is 334 g/mol. The number of hydrogen-bond donors (Lipinski definition) is 0. The molecule has 3 aliphatic rings. The Hall–Kier alpha value is -1.37. The van der Waals surface area contributed by atoms with Gasteiger partial charge in [-0.15, -0.1) is 0 Å². The summed E-state index contributed by atoms with van der Waals surface area (Å²) >= 11 is 0. The van der Waals surface area contributed by atoms with Gasteiger partial charge in [-0.3, -0.25) is 9.69 Å². The predicted octanol–water partition coefficient (Wildman–Crippen LogP) is 1.65. The molecule has 24 heavy (non-hydrogen) atoms. The van der Waals surface area contributed by atoms with Crippen molar-refractivity contribution in [1.29, 1.82) is 0 Å². The first kappa shape index (κ1) is 16.1. The molecule has 1 spiro atoms. The summed E-state index contributed by atoms with van der Waals surface area (Å²) in [5.74, 6) is 0.126. The van der Waals surface area contributed by atoms with Crippen LogP contribution in [-0.2, 0) is 20.8 Å². The van der Waals surface area contributed by atoms with Gasteiger partial charge in [0.15, 0.2) is 0 Å². The molecule has 132 valence electrons. The number of furan rings is 1.